The smallest absolute Gasteiger partial charge is 0.270 e. The lowest BCUT2D eigenvalue weighted by Crippen LogP contribution is -2.20. The third-order valence-corrected chi connectivity index (χ3v) is 5.04. The quantitative estimate of drug-likeness (QED) is 0.229. The molecular formula is C24H30N4O2. The lowest BCUT2D eigenvalue weighted by atomic mass is 10.1. The number of nitro groups is 1. The Morgan fingerprint density at radius 2 is 1.23 bits per heavy atom. The van der Waals surface area contributed by atoms with Gasteiger partial charge in [-0.2, -0.15) is 0 Å². The predicted molar refractivity (Wildman–Crippen MR) is 125 cm³/mol. The zero-order valence-corrected chi connectivity index (χ0v) is 18.5. The molecule has 0 aliphatic rings. The van der Waals surface area contributed by atoms with Gasteiger partial charge in [0, 0.05) is 63.1 Å². The molecule has 6 nitrogen and oxygen atoms in total. The van der Waals surface area contributed by atoms with Crippen molar-refractivity contribution in [2.45, 2.75) is 52.6 Å². The number of hydrogen-bond acceptors (Lipinski definition) is 3. The fourth-order valence-electron chi connectivity index (χ4n) is 3.57. The van der Waals surface area contributed by atoms with Crippen LogP contribution in [-0.2, 0) is 11.1 Å². The molecule has 0 aliphatic heterocycles. The van der Waals surface area contributed by atoms with Gasteiger partial charge in [-0.05, 0) is 77.9 Å². The van der Waals surface area contributed by atoms with E-state index in [9.17, 15) is 10.1 Å². The maximum atomic E-state index is 10.6. The van der Waals surface area contributed by atoms with Gasteiger partial charge in [0.1, 0.15) is 0 Å². The van der Waals surface area contributed by atoms with E-state index in [0.717, 1.165) is 16.6 Å². The van der Waals surface area contributed by atoms with E-state index in [2.05, 4.69) is 69.0 Å². The lowest BCUT2D eigenvalue weighted by Gasteiger charge is -2.22. The van der Waals surface area contributed by atoms with Gasteiger partial charge >= 0.3 is 0 Å². The first kappa shape index (κ1) is 21.4. The van der Waals surface area contributed by atoms with Crippen molar-refractivity contribution < 1.29 is 4.92 Å². The molecule has 0 saturated carbocycles. The summed E-state index contributed by atoms with van der Waals surface area (Å²) in [5.41, 5.74) is 9.07. The number of nitrogen functional groups attached to an aromatic ring is 1. The van der Waals surface area contributed by atoms with E-state index < -0.39 is 0 Å². The summed E-state index contributed by atoms with van der Waals surface area (Å²) in [6, 6.07) is 15.0. The van der Waals surface area contributed by atoms with Crippen LogP contribution in [0.1, 0.15) is 41.5 Å². The number of aromatic nitrogens is 2. The first-order chi connectivity index (χ1) is 13.9. The zero-order valence-electron chi connectivity index (χ0n) is 18.5. The topological polar surface area (TPSA) is 79.0 Å². The zero-order chi connectivity index (χ0) is 22.3. The number of hydrogen-bond donors (Lipinski definition) is 1. The van der Waals surface area contributed by atoms with Gasteiger partial charge in [-0.25, -0.2) is 0 Å². The Kier molecular flexibility index (Phi) is 5.37. The van der Waals surface area contributed by atoms with Crippen LogP contribution >= 0.6 is 0 Å². The highest BCUT2D eigenvalue weighted by molar-refractivity contribution is 5.84. The maximum Gasteiger partial charge on any atom is 0.270 e. The second kappa shape index (κ2) is 7.52. The standard InChI is InChI=1S/C12H14N2O2.C12H16N2/c1-12(2,3)13-7-6-9-8-10(14(15)16)4-5-11(9)13;1-12(2,3)14-7-6-9-8-10(13)4-5-11(9)14/h4-8H,1-3H3;4-8H,13H2,1-3H3. The van der Waals surface area contributed by atoms with Crippen molar-refractivity contribution in [1.29, 1.82) is 0 Å². The van der Waals surface area contributed by atoms with Crippen LogP contribution in [0.5, 0.6) is 0 Å². The van der Waals surface area contributed by atoms with Gasteiger partial charge in [-0.15, -0.1) is 0 Å². The minimum absolute atomic E-state index is 0.0160. The highest BCUT2D eigenvalue weighted by atomic mass is 16.6. The van der Waals surface area contributed by atoms with Crippen molar-refractivity contribution in [3.05, 3.63) is 71.0 Å². The van der Waals surface area contributed by atoms with E-state index in [-0.39, 0.29) is 21.7 Å². The minimum Gasteiger partial charge on any atom is -0.399 e. The summed E-state index contributed by atoms with van der Waals surface area (Å²) in [6.07, 6.45) is 4.08. The minimum atomic E-state index is -0.367. The average Bonchev–Trinajstić information content (AvgIpc) is 3.24. The number of benzene rings is 2. The summed E-state index contributed by atoms with van der Waals surface area (Å²) in [4.78, 5) is 10.3. The summed E-state index contributed by atoms with van der Waals surface area (Å²) in [6.45, 7) is 12.9. The molecule has 0 bridgehead atoms. The Morgan fingerprint density at radius 1 is 0.767 bits per heavy atom. The van der Waals surface area contributed by atoms with E-state index in [1.54, 1.807) is 18.2 Å². The molecule has 30 heavy (non-hydrogen) atoms. The van der Waals surface area contributed by atoms with Crippen molar-refractivity contribution in [1.82, 2.24) is 9.13 Å². The van der Waals surface area contributed by atoms with Crippen molar-refractivity contribution in [2.75, 3.05) is 5.73 Å². The second-order valence-electron chi connectivity index (χ2n) is 9.53. The van der Waals surface area contributed by atoms with Crippen molar-refractivity contribution in [3.8, 4) is 0 Å². The summed E-state index contributed by atoms with van der Waals surface area (Å²) in [5.74, 6) is 0. The van der Waals surface area contributed by atoms with Crippen LogP contribution in [0.4, 0.5) is 11.4 Å². The van der Waals surface area contributed by atoms with Crippen LogP contribution in [0.2, 0.25) is 0 Å². The van der Waals surface area contributed by atoms with Gasteiger partial charge < -0.3 is 14.9 Å². The molecule has 158 valence electrons. The Hall–Kier alpha value is -3.28. The average molecular weight is 407 g/mol. The largest absolute Gasteiger partial charge is 0.399 e. The first-order valence-electron chi connectivity index (χ1n) is 10.0. The van der Waals surface area contributed by atoms with E-state index in [4.69, 9.17) is 5.73 Å². The van der Waals surface area contributed by atoms with Crippen LogP contribution < -0.4 is 5.73 Å². The lowest BCUT2D eigenvalue weighted by molar-refractivity contribution is -0.384. The predicted octanol–water partition coefficient (Wildman–Crippen LogP) is 6.28. The van der Waals surface area contributed by atoms with Gasteiger partial charge in [0.2, 0.25) is 0 Å². The Balaban J connectivity index is 0.000000172. The molecule has 0 amide bonds. The molecule has 2 aromatic carbocycles. The number of nitro benzene ring substituents is 1. The molecule has 0 fully saturated rings. The SMILES string of the molecule is CC(C)(C)n1ccc2cc(N)ccc21.CC(C)(C)n1ccc2cc([N+](=O)[O-])ccc21. The highest BCUT2D eigenvalue weighted by Gasteiger charge is 2.16. The van der Waals surface area contributed by atoms with E-state index >= 15 is 0 Å². The van der Waals surface area contributed by atoms with Gasteiger partial charge in [-0.3, -0.25) is 10.1 Å². The van der Waals surface area contributed by atoms with Gasteiger partial charge in [0.25, 0.3) is 5.69 Å². The Bertz CT molecular complexity index is 1200. The second-order valence-corrected chi connectivity index (χ2v) is 9.53. The van der Waals surface area contributed by atoms with Crippen molar-refractivity contribution in [3.63, 3.8) is 0 Å². The molecule has 4 aromatic rings. The number of nitrogens with zero attached hydrogens (tertiary/aromatic N) is 3. The Morgan fingerprint density at radius 3 is 1.70 bits per heavy atom. The summed E-state index contributed by atoms with van der Waals surface area (Å²) in [7, 11) is 0. The third kappa shape index (κ3) is 4.32. The van der Waals surface area contributed by atoms with Crippen LogP contribution in [0.15, 0.2) is 60.9 Å². The van der Waals surface area contributed by atoms with Gasteiger partial charge in [0.05, 0.1) is 4.92 Å². The first-order valence-corrected chi connectivity index (χ1v) is 10.0. The van der Waals surface area contributed by atoms with Crippen LogP contribution in [-0.4, -0.2) is 14.1 Å². The van der Waals surface area contributed by atoms with E-state index in [1.165, 1.54) is 10.9 Å². The van der Waals surface area contributed by atoms with Crippen molar-refractivity contribution in [2.24, 2.45) is 0 Å². The number of anilines is 1. The molecule has 2 heterocycles. The number of rotatable bonds is 1. The maximum absolute atomic E-state index is 10.6. The summed E-state index contributed by atoms with van der Waals surface area (Å²) < 4.78 is 4.38. The highest BCUT2D eigenvalue weighted by Crippen LogP contribution is 2.27. The summed E-state index contributed by atoms with van der Waals surface area (Å²) >= 11 is 0. The molecule has 0 aliphatic carbocycles. The number of fused-ring (bicyclic) bond motifs is 2. The molecule has 4 rings (SSSR count). The van der Waals surface area contributed by atoms with Crippen LogP contribution in [0, 0.1) is 10.1 Å². The number of nitrogens with two attached hydrogens (primary N) is 1. The fourth-order valence-corrected chi connectivity index (χ4v) is 3.57. The van der Waals surface area contributed by atoms with Crippen LogP contribution in [0.3, 0.4) is 0 Å². The van der Waals surface area contributed by atoms with Crippen LogP contribution in [0.25, 0.3) is 21.8 Å². The molecular weight excluding hydrogens is 376 g/mol. The molecule has 0 radical (unpaired) electrons. The molecule has 0 unspecified atom stereocenters. The fraction of sp³-hybridized carbons (Fsp3) is 0.333. The molecule has 0 spiro atoms. The molecule has 0 atom stereocenters. The molecule has 6 heteroatoms. The molecule has 0 saturated heterocycles. The molecule has 2 aromatic heterocycles. The Labute approximate surface area is 177 Å². The normalized spacial score (nSPS) is 12.1. The van der Waals surface area contributed by atoms with Gasteiger partial charge in [-0.1, -0.05) is 0 Å². The van der Waals surface area contributed by atoms with E-state index in [0.29, 0.717) is 0 Å². The van der Waals surface area contributed by atoms with Gasteiger partial charge in [0.15, 0.2) is 0 Å². The van der Waals surface area contributed by atoms with E-state index in [1.807, 2.05) is 24.4 Å². The van der Waals surface area contributed by atoms with Crippen molar-refractivity contribution >= 4 is 33.2 Å². The molecule has 2 N–H and O–H groups in total. The number of non-ortho nitro benzene ring substituents is 1. The summed E-state index contributed by atoms with van der Waals surface area (Å²) in [5, 5.41) is 12.8. The monoisotopic (exact) mass is 406 g/mol. The third-order valence-electron chi connectivity index (χ3n) is 5.04.